The number of rotatable bonds is 1. The van der Waals surface area contributed by atoms with Crippen molar-refractivity contribution in [2.24, 2.45) is 0 Å². The molecule has 1 amide bonds. The number of fused-ring (bicyclic) bond motifs is 1. The van der Waals surface area contributed by atoms with Crippen LogP contribution in [0, 0.1) is 0 Å². The fourth-order valence-electron chi connectivity index (χ4n) is 1.83. The van der Waals surface area contributed by atoms with E-state index in [-0.39, 0.29) is 18.0 Å². The Morgan fingerprint density at radius 1 is 1.67 bits per heavy atom. The summed E-state index contributed by atoms with van der Waals surface area (Å²) in [4.78, 5) is 11.4. The number of hydrogen-bond donors (Lipinski definition) is 3. The van der Waals surface area contributed by atoms with Crippen molar-refractivity contribution in [3.63, 3.8) is 0 Å². The standard InChI is InChI=1S/C7H14N4O/c1-2-11-6-5(3-10-11)8-4-9-7(6)12/h5-6,8,10H,2-4H2,1H3,(H,9,12). The molecule has 2 heterocycles. The summed E-state index contributed by atoms with van der Waals surface area (Å²) < 4.78 is 0. The lowest BCUT2D eigenvalue weighted by Gasteiger charge is -2.29. The van der Waals surface area contributed by atoms with Crippen molar-refractivity contribution in [2.75, 3.05) is 19.8 Å². The maximum absolute atomic E-state index is 11.4. The lowest BCUT2D eigenvalue weighted by Crippen LogP contribution is -2.60. The maximum Gasteiger partial charge on any atom is 0.241 e. The van der Waals surface area contributed by atoms with E-state index in [1.54, 1.807) is 0 Å². The van der Waals surface area contributed by atoms with E-state index in [2.05, 4.69) is 16.1 Å². The Morgan fingerprint density at radius 3 is 3.25 bits per heavy atom. The molecule has 5 nitrogen and oxygen atoms in total. The summed E-state index contributed by atoms with van der Waals surface area (Å²) in [5, 5.41) is 8.00. The SMILES string of the molecule is CCN1NCC2NCNC(=O)C21. The van der Waals surface area contributed by atoms with Crippen molar-refractivity contribution < 1.29 is 4.79 Å². The number of hydrazine groups is 1. The third-order valence-electron chi connectivity index (χ3n) is 2.47. The van der Waals surface area contributed by atoms with Crippen LogP contribution in [0.4, 0.5) is 0 Å². The van der Waals surface area contributed by atoms with E-state index in [1.165, 1.54) is 0 Å². The predicted octanol–water partition coefficient (Wildman–Crippen LogP) is -1.76. The van der Waals surface area contributed by atoms with Crippen LogP contribution in [0.3, 0.4) is 0 Å². The van der Waals surface area contributed by atoms with Gasteiger partial charge in [0.05, 0.1) is 6.67 Å². The van der Waals surface area contributed by atoms with Gasteiger partial charge in [0.25, 0.3) is 0 Å². The van der Waals surface area contributed by atoms with Crippen molar-refractivity contribution in [1.29, 1.82) is 0 Å². The number of nitrogens with one attached hydrogen (secondary N) is 3. The van der Waals surface area contributed by atoms with E-state index in [1.807, 2.05) is 11.9 Å². The average Bonchev–Trinajstić information content (AvgIpc) is 2.49. The summed E-state index contributed by atoms with van der Waals surface area (Å²) in [6, 6.07) is 0.252. The van der Waals surface area contributed by atoms with Gasteiger partial charge >= 0.3 is 0 Å². The molecular weight excluding hydrogens is 156 g/mol. The zero-order valence-electron chi connectivity index (χ0n) is 7.13. The van der Waals surface area contributed by atoms with E-state index in [9.17, 15) is 4.79 Å². The van der Waals surface area contributed by atoms with Gasteiger partial charge in [-0.05, 0) is 0 Å². The summed E-state index contributed by atoms with van der Waals surface area (Å²) >= 11 is 0. The van der Waals surface area contributed by atoms with Crippen molar-refractivity contribution in [1.82, 2.24) is 21.1 Å². The minimum absolute atomic E-state index is 0.0243. The molecule has 0 spiro atoms. The van der Waals surface area contributed by atoms with E-state index in [0.29, 0.717) is 6.67 Å². The van der Waals surface area contributed by atoms with Crippen LogP contribution in [-0.4, -0.2) is 42.8 Å². The Balaban J connectivity index is 2.11. The fraction of sp³-hybridized carbons (Fsp3) is 0.857. The molecule has 5 heteroatoms. The molecule has 0 aromatic carbocycles. The lowest BCUT2D eigenvalue weighted by atomic mass is 10.1. The minimum atomic E-state index is -0.0243. The number of amides is 1. The molecule has 2 rings (SSSR count). The molecule has 68 valence electrons. The Hall–Kier alpha value is -0.650. The van der Waals surface area contributed by atoms with Crippen molar-refractivity contribution in [2.45, 2.75) is 19.0 Å². The molecule has 2 saturated heterocycles. The Morgan fingerprint density at radius 2 is 2.50 bits per heavy atom. The first-order chi connectivity index (χ1) is 5.83. The van der Waals surface area contributed by atoms with Crippen LogP contribution in [0.5, 0.6) is 0 Å². The van der Waals surface area contributed by atoms with Crippen LogP contribution in [0.2, 0.25) is 0 Å². The number of likely N-dealkylation sites (N-methyl/N-ethyl adjacent to an activating group) is 1. The second kappa shape index (κ2) is 3.01. The summed E-state index contributed by atoms with van der Waals surface area (Å²) in [5.41, 5.74) is 3.19. The normalized spacial score (nSPS) is 36.2. The van der Waals surface area contributed by atoms with E-state index < -0.39 is 0 Å². The van der Waals surface area contributed by atoms with E-state index >= 15 is 0 Å². The molecule has 2 aliphatic heterocycles. The first-order valence-electron chi connectivity index (χ1n) is 4.34. The summed E-state index contributed by atoms with van der Waals surface area (Å²) in [6.45, 7) is 4.35. The van der Waals surface area contributed by atoms with Gasteiger partial charge in [0.2, 0.25) is 5.91 Å². The van der Waals surface area contributed by atoms with Crippen LogP contribution in [-0.2, 0) is 4.79 Å². The summed E-state index contributed by atoms with van der Waals surface area (Å²) in [7, 11) is 0. The van der Waals surface area contributed by atoms with Crippen molar-refractivity contribution in [3.05, 3.63) is 0 Å². The lowest BCUT2D eigenvalue weighted by molar-refractivity contribution is -0.128. The van der Waals surface area contributed by atoms with Gasteiger partial charge in [-0.2, -0.15) is 0 Å². The zero-order chi connectivity index (χ0) is 8.55. The predicted molar refractivity (Wildman–Crippen MR) is 44.1 cm³/mol. The van der Waals surface area contributed by atoms with Gasteiger partial charge in [0.15, 0.2) is 0 Å². The molecule has 12 heavy (non-hydrogen) atoms. The minimum Gasteiger partial charge on any atom is -0.342 e. The van der Waals surface area contributed by atoms with Gasteiger partial charge in [-0.15, -0.1) is 0 Å². The molecule has 0 aliphatic carbocycles. The fourth-order valence-corrected chi connectivity index (χ4v) is 1.83. The van der Waals surface area contributed by atoms with E-state index in [0.717, 1.165) is 13.1 Å². The highest BCUT2D eigenvalue weighted by Crippen LogP contribution is 2.11. The Labute approximate surface area is 71.5 Å². The summed E-state index contributed by atoms with van der Waals surface area (Å²) in [5.74, 6) is 0.130. The zero-order valence-corrected chi connectivity index (χ0v) is 7.13. The molecule has 3 N–H and O–H groups in total. The highest BCUT2D eigenvalue weighted by molar-refractivity contribution is 5.83. The van der Waals surface area contributed by atoms with Crippen LogP contribution in [0.15, 0.2) is 0 Å². The first-order valence-corrected chi connectivity index (χ1v) is 4.34. The largest absolute Gasteiger partial charge is 0.342 e. The number of nitrogens with zero attached hydrogens (tertiary/aromatic N) is 1. The summed E-state index contributed by atoms with van der Waals surface area (Å²) in [6.07, 6.45) is 0. The van der Waals surface area contributed by atoms with Crippen LogP contribution >= 0.6 is 0 Å². The third kappa shape index (κ3) is 1.10. The quantitative estimate of drug-likeness (QED) is 0.436. The Bertz CT molecular complexity index is 190. The van der Waals surface area contributed by atoms with Gasteiger partial charge < -0.3 is 5.32 Å². The van der Waals surface area contributed by atoms with Gasteiger partial charge in [-0.3, -0.25) is 15.5 Å². The monoisotopic (exact) mass is 170 g/mol. The molecule has 0 bridgehead atoms. The van der Waals surface area contributed by atoms with Gasteiger partial charge in [-0.25, -0.2) is 5.01 Å². The van der Waals surface area contributed by atoms with Gasteiger partial charge in [-0.1, -0.05) is 6.92 Å². The molecular formula is C7H14N4O. The number of carbonyl (C=O) groups excluding carboxylic acids is 1. The van der Waals surface area contributed by atoms with Crippen molar-refractivity contribution in [3.8, 4) is 0 Å². The molecule has 2 atom stereocenters. The highest BCUT2D eigenvalue weighted by Gasteiger charge is 2.40. The van der Waals surface area contributed by atoms with Gasteiger partial charge in [0, 0.05) is 19.1 Å². The average molecular weight is 170 g/mol. The van der Waals surface area contributed by atoms with Crippen LogP contribution < -0.4 is 16.1 Å². The Kier molecular flexibility index (Phi) is 2.00. The molecule has 0 aromatic heterocycles. The third-order valence-corrected chi connectivity index (χ3v) is 2.47. The molecule has 0 aromatic rings. The molecule has 0 saturated carbocycles. The topological polar surface area (TPSA) is 56.4 Å². The van der Waals surface area contributed by atoms with Crippen molar-refractivity contribution >= 4 is 5.91 Å². The first kappa shape index (κ1) is 7.97. The van der Waals surface area contributed by atoms with E-state index in [4.69, 9.17) is 0 Å². The number of hydrogen-bond acceptors (Lipinski definition) is 4. The highest BCUT2D eigenvalue weighted by atomic mass is 16.2. The van der Waals surface area contributed by atoms with Crippen LogP contribution in [0.1, 0.15) is 6.92 Å². The molecule has 2 fully saturated rings. The smallest absolute Gasteiger partial charge is 0.241 e. The molecule has 0 radical (unpaired) electrons. The second-order valence-corrected chi connectivity index (χ2v) is 3.12. The van der Waals surface area contributed by atoms with Crippen LogP contribution in [0.25, 0.3) is 0 Å². The second-order valence-electron chi connectivity index (χ2n) is 3.12. The molecule has 2 aliphatic rings. The number of carbonyl (C=O) groups is 1. The molecule has 2 unspecified atom stereocenters. The van der Waals surface area contributed by atoms with Gasteiger partial charge in [0.1, 0.15) is 6.04 Å². The maximum atomic E-state index is 11.4.